The molecule has 1 aliphatic carbocycles. The Morgan fingerprint density at radius 3 is 1.80 bits per heavy atom. The Morgan fingerprint density at radius 2 is 0.980 bits per heavy atom. The highest BCUT2D eigenvalue weighted by Gasteiger charge is 2.37. The van der Waals surface area contributed by atoms with Crippen molar-refractivity contribution in [3.05, 3.63) is 181 Å². The highest BCUT2D eigenvalue weighted by Crippen LogP contribution is 2.53. The van der Waals surface area contributed by atoms with E-state index in [9.17, 15) is 0 Å². The number of rotatable bonds is 4. The molecule has 51 heavy (non-hydrogen) atoms. The molecule has 0 spiro atoms. The molecule has 1 aliphatic rings. The molecule has 9 aromatic rings. The molecule has 0 atom stereocenters. The van der Waals surface area contributed by atoms with Gasteiger partial charge in [0.1, 0.15) is 0 Å². The maximum Gasteiger partial charge on any atom is 0.160 e. The Bertz CT molecular complexity index is 2830. The molecule has 1 aromatic heterocycles. The predicted molar refractivity (Wildman–Crippen MR) is 214 cm³/mol. The topological polar surface area (TPSA) is 25.8 Å². The van der Waals surface area contributed by atoms with Crippen LogP contribution < -0.4 is 0 Å². The number of fused-ring (bicyclic) bond motifs is 7. The van der Waals surface area contributed by atoms with E-state index in [1.807, 2.05) is 6.07 Å². The molecule has 0 unspecified atom stereocenters. The van der Waals surface area contributed by atoms with Gasteiger partial charge in [0.05, 0.1) is 11.4 Å². The number of hydrogen-bond donors (Lipinski definition) is 0. The van der Waals surface area contributed by atoms with Gasteiger partial charge in [-0.25, -0.2) is 9.97 Å². The van der Waals surface area contributed by atoms with Crippen LogP contribution in [0.3, 0.4) is 0 Å². The average Bonchev–Trinajstić information content (AvgIpc) is 3.42. The lowest BCUT2D eigenvalue weighted by Gasteiger charge is -2.22. The molecule has 0 N–H and O–H groups in total. The normalized spacial score (nSPS) is 13.1. The zero-order valence-corrected chi connectivity index (χ0v) is 28.6. The fourth-order valence-corrected chi connectivity index (χ4v) is 8.34. The summed E-state index contributed by atoms with van der Waals surface area (Å²) in [5.41, 5.74) is 12.5. The van der Waals surface area contributed by atoms with E-state index in [-0.39, 0.29) is 5.41 Å². The zero-order valence-electron chi connectivity index (χ0n) is 28.6. The first-order valence-electron chi connectivity index (χ1n) is 17.7. The molecule has 0 fully saturated rings. The molecular formula is C49H34N2. The molecule has 0 bridgehead atoms. The Hall–Kier alpha value is -6.38. The first-order chi connectivity index (χ1) is 25.0. The lowest BCUT2D eigenvalue weighted by molar-refractivity contribution is 0.661. The van der Waals surface area contributed by atoms with Crippen molar-refractivity contribution in [2.45, 2.75) is 19.3 Å². The van der Waals surface area contributed by atoms with Crippen molar-refractivity contribution in [2.24, 2.45) is 0 Å². The van der Waals surface area contributed by atoms with Crippen LogP contribution in [-0.2, 0) is 5.41 Å². The summed E-state index contributed by atoms with van der Waals surface area (Å²) >= 11 is 0. The molecule has 0 saturated carbocycles. The van der Waals surface area contributed by atoms with Crippen molar-refractivity contribution in [1.82, 2.24) is 9.97 Å². The maximum atomic E-state index is 5.34. The summed E-state index contributed by atoms with van der Waals surface area (Å²) in [5, 5.41) is 7.51. The molecule has 10 rings (SSSR count). The van der Waals surface area contributed by atoms with E-state index in [0.717, 1.165) is 39.5 Å². The van der Waals surface area contributed by atoms with Crippen LogP contribution in [0.15, 0.2) is 170 Å². The second-order valence-corrected chi connectivity index (χ2v) is 14.2. The van der Waals surface area contributed by atoms with Gasteiger partial charge in [-0.15, -0.1) is 0 Å². The monoisotopic (exact) mass is 650 g/mol. The van der Waals surface area contributed by atoms with Gasteiger partial charge in [0.25, 0.3) is 0 Å². The van der Waals surface area contributed by atoms with E-state index in [4.69, 9.17) is 9.97 Å². The summed E-state index contributed by atoms with van der Waals surface area (Å²) in [4.78, 5) is 10.6. The molecule has 0 amide bonds. The van der Waals surface area contributed by atoms with Crippen LogP contribution in [-0.4, -0.2) is 9.97 Å². The zero-order chi connectivity index (χ0) is 34.1. The van der Waals surface area contributed by atoms with Crippen molar-refractivity contribution in [2.75, 3.05) is 0 Å². The van der Waals surface area contributed by atoms with E-state index in [1.165, 1.54) is 60.1 Å². The quantitative estimate of drug-likeness (QED) is 0.177. The first kappa shape index (κ1) is 29.5. The second-order valence-electron chi connectivity index (χ2n) is 14.2. The van der Waals surface area contributed by atoms with Crippen molar-refractivity contribution in [1.29, 1.82) is 0 Å². The summed E-state index contributed by atoms with van der Waals surface area (Å²) in [5.74, 6) is 0.718. The van der Waals surface area contributed by atoms with E-state index in [0.29, 0.717) is 0 Å². The predicted octanol–water partition coefficient (Wildman–Crippen LogP) is 12.9. The number of aromatic nitrogens is 2. The molecule has 2 nitrogen and oxygen atoms in total. The van der Waals surface area contributed by atoms with Gasteiger partial charge in [-0.1, -0.05) is 166 Å². The first-order valence-corrected chi connectivity index (χ1v) is 17.7. The van der Waals surface area contributed by atoms with Crippen LogP contribution in [0, 0.1) is 0 Å². The standard InChI is InChI=1S/C49H34N2/c1-49(2)43-25-13-24-41(47(43)42-28-33-17-6-7-18-34(33)29-44(42)49)46-30-45(50-48(51-46)32-15-4-3-5-16-32)40-21-11-10-20-38(40)37-23-12-22-36-35-19-9-8-14-31(35)26-27-39(36)37/h3-30H,1-2H3. The molecule has 0 aliphatic heterocycles. The van der Waals surface area contributed by atoms with Gasteiger partial charge in [-0.3, -0.25) is 0 Å². The Kier molecular flexibility index (Phi) is 6.56. The van der Waals surface area contributed by atoms with E-state index < -0.39 is 0 Å². The lowest BCUT2D eigenvalue weighted by Crippen LogP contribution is -2.14. The molecule has 8 aromatic carbocycles. The number of nitrogens with zero attached hydrogens (tertiary/aromatic N) is 2. The molecule has 240 valence electrons. The van der Waals surface area contributed by atoms with Gasteiger partial charge in [0.2, 0.25) is 0 Å². The van der Waals surface area contributed by atoms with Gasteiger partial charge >= 0.3 is 0 Å². The van der Waals surface area contributed by atoms with E-state index >= 15 is 0 Å². The molecule has 0 radical (unpaired) electrons. The third-order valence-electron chi connectivity index (χ3n) is 10.9. The van der Waals surface area contributed by atoms with Crippen molar-refractivity contribution >= 4 is 32.3 Å². The minimum atomic E-state index is -0.145. The highest BCUT2D eigenvalue weighted by molar-refractivity contribution is 6.13. The summed E-state index contributed by atoms with van der Waals surface area (Å²) in [6, 6.07) is 61.2. The third-order valence-corrected chi connectivity index (χ3v) is 10.9. The number of hydrogen-bond acceptors (Lipinski definition) is 2. The van der Waals surface area contributed by atoms with E-state index in [1.54, 1.807) is 0 Å². The third kappa shape index (κ3) is 4.64. The Labute approximate surface area is 297 Å². The fourth-order valence-electron chi connectivity index (χ4n) is 8.34. The van der Waals surface area contributed by atoms with Crippen LogP contribution in [0.1, 0.15) is 25.0 Å². The Morgan fingerprint density at radius 1 is 0.373 bits per heavy atom. The van der Waals surface area contributed by atoms with Gasteiger partial charge in [0.15, 0.2) is 5.82 Å². The van der Waals surface area contributed by atoms with Crippen LogP contribution in [0.25, 0.3) is 88.5 Å². The highest BCUT2D eigenvalue weighted by atomic mass is 14.9. The Balaban J connectivity index is 1.22. The molecule has 1 heterocycles. The smallest absolute Gasteiger partial charge is 0.160 e. The van der Waals surface area contributed by atoms with Crippen molar-refractivity contribution < 1.29 is 0 Å². The fraction of sp³-hybridized carbons (Fsp3) is 0.0612. The average molecular weight is 651 g/mol. The van der Waals surface area contributed by atoms with Gasteiger partial charge in [0, 0.05) is 22.1 Å². The van der Waals surface area contributed by atoms with Gasteiger partial charge in [-0.05, 0) is 83.9 Å². The largest absolute Gasteiger partial charge is 0.228 e. The lowest BCUT2D eigenvalue weighted by atomic mass is 9.81. The van der Waals surface area contributed by atoms with Crippen LogP contribution in [0.5, 0.6) is 0 Å². The maximum absolute atomic E-state index is 5.34. The minimum Gasteiger partial charge on any atom is -0.228 e. The summed E-state index contributed by atoms with van der Waals surface area (Å²) in [7, 11) is 0. The number of benzene rings is 8. The van der Waals surface area contributed by atoms with Crippen LogP contribution in [0.2, 0.25) is 0 Å². The van der Waals surface area contributed by atoms with Gasteiger partial charge in [-0.2, -0.15) is 0 Å². The summed E-state index contributed by atoms with van der Waals surface area (Å²) in [6.07, 6.45) is 0. The SMILES string of the molecule is CC1(C)c2cc3ccccc3cc2-c2c(-c3cc(-c4ccccc4-c4cccc5c4ccc4ccccc45)nc(-c4ccccc4)n3)cccc21. The summed E-state index contributed by atoms with van der Waals surface area (Å²) in [6.45, 7) is 4.70. The van der Waals surface area contributed by atoms with Gasteiger partial charge < -0.3 is 0 Å². The molecular weight excluding hydrogens is 617 g/mol. The van der Waals surface area contributed by atoms with E-state index in [2.05, 4.69) is 178 Å². The molecule has 2 heteroatoms. The summed E-state index contributed by atoms with van der Waals surface area (Å²) < 4.78 is 0. The second kappa shape index (κ2) is 11.3. The van der Waals surface area contributed by atoms with Crippen LogP contribution >= 0.6 is 0 Å². The molecule has 0 saturated heterocycles. The minimum absolute atomic E-state index is 0.145. The van der Waals surface area contributed by atoms with Crippen molar-refractivity contribution in [3.63, 3.8) is 0 Å². The van der Waals surface area contributed by atoms with Crippen molar-refractivity contribution in [3.8, 4) is 56.2 Å². The van der Waals surface area contributed by atoms with Crippen LogP contribution in [0.4, 0.5) is 0 Å².